The van der Waals surface area contributed by atoms with E-state index in [1.165, 1.54) is 38.5 Å². The molecule has 17 heteroatoms. The minimum atomic E-state index is -1.41. The number of nitrogens with one attached hydrogen (secondary N) is 1. The van der Waals surface area contributed by atoms with Gasteiger partial charge in [0.1, 0.15) is 78.6 Å². The summed E-state index contributed by atoms with van der Waals surface area (Å²) in [6.45, 7) is -0.0616. The highest BCUT2D eigenvalue weighted by molar-refractivity contribution is 6.31. The minimum absolute atomic E-state index is 0.269. The quantitative estimate of drug-likeness (QED) is 0.0841. The zero-order chi connectivity index (χ0) is 50.8. The van der Waals surface area contributed by atoms with E-state index < -0.39 is 80.2 Å². The lowest BCUT2D eigenvalue weighted by Gasteiger charge is -2.40. The second-order valence-corrected chi connectivity index (χ2v) is 21.6. The summed E-state index contributed by atoms with van der Waals surface area (Å²) in [6, 6.07) is 26.4. The molecule has 10 N–H and O–H groups in total. The number of carboxylic acid groups (broad SMARTS) is 1. The predicted molar refractivity (Wildman–Crippen MR) is 266 cm³/mol. The van der Waals surface area contributed by atoms with Gasteiger partial charge in [0.2, 0.25) is 0 Å². The second-order valence-electron chi connectivity index (χ2n) is 20.8. The Kier molecular flexibility index (Phi) is 17.1. The van der Waals surface area contributed by atoms with Crippen molar-refractivity contribution >= 4 is 29.2 Å². The topological polar surface area (TPSA) is 248 Å². The molecule has 4 aliphatic carbocycles. The summed E-state index contributed by atoms with van der Waals surface area (Å²) in [5.41, 5.74) is 5.09. The molecule has 0 radical (unpaired) electrons. The van der Waals surface area contributed by atoms with Gasteiger partial charge in [0.25, 0.3) is 0 Å². The predicted octanol–water partition coefficient (Wildman–Crippen LogP) is 5.07. The van der Waals surface area contributed by atoms with Gasteiger partial charge in [-0.15, -0.1) is 0 Å². The summed E-state index contributed by atoms with van der Waals surface area (Å²) >= 11 is 12.9. The number of halogens is 2. The summed E-state index contributed by atoms with van der Waals surface area (Å²) in [5.74, 6) is 4.61. The molecule has 7 fully saturated rings. The molecule has 3 aliphatic heterocycles. The van der Waals surface area contributed by atoms with E-state index in [4.69, 9.17) is 47.3 Å². The molecule has 0 bridgehead atoms. The fraction of sp³-hybridized carbons (Fsp3) is 0.545. The van der Waals surface area contributed by atoms with Crippen molar-refractivity contribution in [1.82, 2.24) is 5.32 Å². The van der Waals surface area contributed by atoms with Crippen LogP contribution in [0.1, 0.15) is 97.0 Å². The molecule has 11 rings (SSSR count). The molecule has 390 valence electrons. The molecule has 3 saturated heterocycles. The highest BCUT2D eigenvalue weighted by Crippen LogP contribution is 2.53. The Hall–Kier alpha value is -3.91. The number of benzene rings is 4. The first-order chi connectivity index (χ1) is 34.7. The standard InChI is InChI=1S/2C25H29ClO6.C5H9NO2/c2*26-20-6-3-14(25-24(30)23(29)22(28)21(12-27)32-25)8-17(20)7-13-1-4-18(5-2-13)31-19-10-15-9-16(15)11-19;7-5(8)4-2-1-3-6-4/h2*1-6,8,15-16,19,21-25,27-30H,7,9-12H2;4,6H,1-3H2,(H,7,8)/t2*15-,16+,19?,21-,22-,23+,24-,25+;4-/m110/s1. The van der Waals surface area contributed by atoms with Gasteiger partial charge >= 0.3 is 5.97 Å². The second kappa shape index (κ2) is 23.3. The Bertz CT molecular complexity index is 2260. The van der Waals surface area contributed by atoms with Crippen LogP contribution < -0.4 is 14.8 Å². The lowest BCUT2D eigenvalue weighted by atomic mass is 9.90. The van der Waals surface area contributed by atoms with Crippen LogP contribution in [0.4, 0.5) is 0 Å². The summed E-state index contributed by atoms with van der Waals surface area (Å²) in [6.07, 6.45) is -0.806. The molecular weight excluding hydrogens is 970 g/mol. The Morgan fingerprint density at radius 1 is 0.556 bits per heavy atom. The van der Waals surface area contributed by atoms with E-state index in [1.54, 1.807) is 24.3 Å². The van der Waals surface area contributed by atoms with Crippen LogP contribution in [-0.4, -0.2) is 139 Å². The average molecular weight is 1040 g/mol. The van der Waals surface area contributed by atoms with Crippen molar-refractivity contribution in [1.29, 1.82) is 0 Å². The highest BCUT2D eigenvalue weighted by atomic mass is 35.5. The van der Waals surface area contributed by atoms with Gasteiger partial charge in [0.05, 0.1) is 25.4 Å². The van der Waals surface area contributed by atoms with Crippen LogP contribution >= 0.6 is 23.2 Å². The molecule has 15 nitrogen and oxygen atoms in total. The zero-order valence-electron chi connectivity index (χ0n) is 39.9. The number of hydrogen-bond acceptors (Lipinski definition) is 14. The van der Waals surface area contributed by atoms with Crippen LogP contribution in [0, 0.1) is 23.7 Å². The van der Waals surface area contributed by atoms with Crippen LogP contribution in [0.5, 0.6) is 11.5 Å². The highest BCUT2D eigenvalue weighted by Gasteiger charge is 2.48. The first-order valence-electron chi connectivity index (χ1n) is 25.3. The van der Waals surface area contributed by atoms with Crippen molar-refractivity contribution in [2.75, 3.05) is 19.8 Å². The maximum absolute atomic E-state index is 10.4. The molecular formula is C55H67Cl2NO14. The number of aliphatic hydroxyl groups excluding tert-OH is 8. The third-order valence-corrected chi connectivity index (χ3v) is 16.3. The van der Waals surface area contributed by atoms with Gasteiger partial charge in [-0.25, -0.2) is 0 Å². The number of hydrogen-bond donors (Lipinski definition) is 10. The Balaban J connectivity index is 0.000000154. The molecule has 4 aromatic carbocycles. The minimum Gasteiger partial charge on any atom is -0.490 e. The Morgan fingerprint density at radius 2 is 0.958 bits per heavy atom. The van der Waals surface area contributed by atoms with Gasteiger partial charge in [-0.2, -0.15) is 0 Å². The first kappa shape index (κ1) is 52.9. The SMILES string of the molecule is O=C(O)[C@@H]1CCCN1.OC[C@H]1O[C@@H](c2ccc(Cl)c(Cc3ccc(OC4C[C@@H]5C[C@@H]5C4)cc3)c2)[C@H](O)[C@@H](O)[C@@H]1O.OC[C@H]1O[C@@H](c2ccc(Cl)c(Cc3ccc(OC4C[C@@H]5C[C@@H]5C4)cc3)c2)[C@H](O)[C@@H](O)[C@@H]1O. The third-order valence-electron chi connectivity index (χ3n) is 15.6. The van der Waals surface area contributed by atoms with Gasteiger partial charge in [-0.05, 0) is 164 Å². The summed E-state index contributed by atoms with van der Waals surface area (Å²) in [7, 11) is 0. The number of carboxylic acids is 1. The molecule has 72 heavy (non-hydrogen) atoms. The van der Waals surface area contributed by atoms with Gasteiger partial charge in [0.15, 0.2) is 0 Å². The van der Waals surface area contributed by atoms with E-state index in [1.807, 2.05) is 60.7 Å². The van der Waals surface area contributed by atoms with Crippen molar-refractivity contribution in [2.24, 2.45) is 23.7 Å². The number of ether oxygens (including phenoxy) is 4. The number of aliphatic carboxylic acids is 1. The van der Waals surface area contributed by atoms with Gasteiger partial charge in [-0.3, -0.25) is 4.79 Å². The maximum atomic E-state index is 10.4. The molecule has 0 aromatic heterocycles. The van der Waals surface area contributed by atoms with E-state index in [0.717, 1.165) is 76.8 Å². The Morgan fingerprint density at radius 3 is 1.29 bits per heavy atom. The molecule has 3 heterocycles. The first-order valence-corrected chi connectivity index (χ1v) is 26.1. The molecule has 2 unspecified atom stereocenters. The molecule has 0 amide bonds. The van der Waals surface area contributed by atoms with Crippen molar-refractivity contribution < 1.29 is 69.7 Å². The van der Waals surface area contributed by atoms with Crippen LogP contribution in [0.3, 0.4) is 0 Å². The molecule has 0 spiro atoms. The number of rotatable bonds is 13. The number of carbonyl (C=O) groups is 1. The van der Waals surface area contributed by atoms with Crippen LogP contribution in [0.15, 0.2) is 84.9 Å². The summed E-state index contributed by atoms with van der Waals surface area (Å²) < 4.78 is 23.6. The van der Waals surface area contributed by atoms with Crippen LogP contribution in [0.2, 0.25) is 10.0 Å². The van der Waals surface area contributed by atoms with E-state index in [0.29, 0.717) is 46.2 Å². The maximum Gasteiger partial charge on any atom is 0.320 e. The zero-order valence-corrected chi connectivity index (χ0v) is 41.4. The van der Waals surface area contributed by atoms with Crippen molar-refractivity contribution in [3.8, 4) is 11.5 Å². The van der Waals surface area contributed by atoms with Crippen LogP contribution in [-0.2, 0) is 27.1 Å². The van der Waals surface area contributed by atoms with E-state index in [-0.39, 0.29) is 6.04 Å². The summed E-state index contributed by atoms with van der Waals surface area (Å²) in [5, 5.41) is 92.4. The lowest BCUT2D eigenvalue weighted by Crippen LogP contribution is -2.55. The van der Waals surface area contributed by atoms with Gasteiger partial charge in [-0.1, -0.05) is 71.7 Å². The fourth-order valence-corrected chi connectivity index (χ4v) is 11.5. The van der Waals surface area contributed by atoms with Crippen molar-refractivity contribution in [2.45, 2.75) is 143 Å². The van der Waals surface area contributed by atoms with Gasteiger partial charge < -0.3 is 70.2 Å². The molecule has 4 saturated carbocycles. The largest absolute Gasteiger partial charge is 0.490 e. The van der Waals surface area contributed by atoms with Gasteiger partial charge in [0, 0.05) is 10.0 Å². The molecule has 4 aromatic rings. The third kappa shape index (κ3) is 12.6. The lowest BCUT2D eigenvalue weighted by molar-refractivity contribution is -0.231. The smallest absolute Gasteiger partial charge is 0.320 e. The number of fused-ring (bicyclic) bond motifs is 2. The van der Waals surface area contributed by atoms with E-state index in [2.05, 4.69) is 5.32 Å². The molecule has 7 aliphatic rings. The Labute approximate surface area is 429 Å². The normalized spacial score (nSPS) is 35.2. The van der Waals surface area contributed by atoms with E-state index in [9.17, 15) is 45.6 Å². The average Bonchev–Trinajstić information content (AvgIpc) is 4.02. The van der Waals surface area contributed by atoms with Crippen molar-refractivity contribution in [3.63, 3.8) is 0 Å². The van der Waals surface area contributed by atoms with Crippen molar-refractivity contribution in [3.05, 3.63) is 128 Å². The summed E-state index contributed by atoms with van der Waals surface area (Å²) in [4.78, 5) is 10.1. The fourth-order valence-electron chi connectivity index (χ4n) is 11.2. The monoisotopic (exact) mass is 1040 g/mol. The van der Waals surface area contributed by atoms with Crippen LogP contribution in [0.25, 0.3) is 0 Å². The number of aliphatic hydroxyl groups is 8. The van der Waals surface area contributed by atoms with E-state index >= 15 is 0 Å². The molecule has 17 atom stereocenters.